The highest BCUT2D eigenvalue weighted by molar-refractivity contribution is 5.43. The summed E-state index contributed by atoms with van der Waals surface area (Å²) in [5, 5.41) is 0. The molecule has 0 aliphatic carbocycles. The van der Waals surface area contributed by atoms with Crippen molar-refractivity contribution in [1.29, 1.82) is 0 Å². The van der Waals surface area contributed by atoms with Crippen molar-refractivity contribution in [3.63, 3.8) is 0 Å². The molecule has 4 nitrogen and oxygen atoms in total. The second kappa shape index (κ2) is 8.47. The molecule has 3 rings (SSSR count). The molecule has 2 aromatic rings. The summed E-state index contributed by atoms with van der Waals surface area (Å²) in [6.45, 7) is 0.738. The van der Waals surface area contributed by atoms with E-state index in [1.54, 1.807) is 12.1 Å². The summed E-state index contributed by atoms with van der Waals surface area (Å²) in [6.07, 6.45) is 0. The quantitative estimate of drug-likeness (QED) is 0.781. The summed E-state index contributed by atoms with van der Waals surface area (Å²) in [5.41, 5.74) is 2.29. The molecule has 1 aliphatic heterocycles. The number of halogens is 2. The van der Waals surface area contributed by atoms with E-state index >= 15 is 0 Å². The van der Waals surface area contributed by atoms with Gasteiger partial charge in [0.15, 0.2) is 11.5 Å². The van der Waals surface area contributed by atoms with Crippen LogP contribution in [-0.2, 0) is 6.54 Å². The van der Waals surface area contributed by atoms with Crippen LogP contribution in [0.2, 0.25) is 0 Å². The van der Waals surface area contributed by atoms with Crippen molar-refractivity contribution in [3.8, 4) is 11.5 Å². The molecule has 26 heavy (non-hydrogen) atoms. The predicted octanol–water partition coefficient (Wildman–Crippen LogP) is 3.79. The van der Waals surface area contributed by atoms with Crippen LogP contribution in [0.5, 0.6) is 11.5 Å². The molecule has 0 amide bonds. The van der Waals surface area contributed by atoms with E-state index in [9.17, 15) is 8.78 Å². The molecule has 1 aliphatic rings. The van der Waals surface area contributed by atoms with Crippen molar-refractivity contribution >= 4 is 0 Å². The first-order chi connectivity index (χ1) is 12.6. The maximum atomic E-state index is 12.5. The molecule has 0 spiro atoms. The SMILES string of the molecule is COc1cc(CN2CCN(C)CC2c2ccccc2)ccc1OC(F)F. The molecule has 1 atom stereocenters. The fourth-order valence-electron chi connectivity index (χ4n) is 3.38. The molecule has 2 aromatic carbocycles. The summed E-state index contributed by atoms with van der Waals surface area (Å²) >= 11 is 0. The van der Waals surface area contributed by atoms with Crippen molar-refractivity contribution in [1.82, 2.24) is 9.80 Å². The van der Waals surface area contributed by atoms with Crippen molar-refractivity contribution < 1.29 is 18.3 Å². The lowest BCUT2D eigenvalue weighted by atomic mass is 10.0. The monoisotopic (exact) mass is 362 g/mol. The van der Waals surface area contributed by atoms with Crippen LogP contribution in [0.15, 0.2) is 48.5 Å². The second-order valence-electron chi connectivity index (χ2n) is 6.52. The van der Waals surface area contributed by atoms with Gasteiger partial charge in [-0.15, -0.1) is 0 Å². The first-order valence-electron chi connectivity index (χ1n) is 8.66. The Morgan fingerprint density at radius 1 is 1.08 bits per heavy atom. The lowest BCUT2D eigenvalue weighted by Gasteiger charge is -2.40. The molecule has 140 valence electrons. The fourth-order valence-corrected chi connectivity index (χ4v) is 3.38. The maximum Gasteiger partial charge on any atom is 0.387 e. The van der Waals surface area contributed by atoms with Crippen LogP contribution in [0, 0.1) is 0 Å². The van der Waals surface area contributed by atoms with Crippen LogP contribution in [0.4, 0.5) is 8.78 Å². The Labute approximate surface area is 152 Å². The molecule has 1 unspecified atom stereocenters. The number of rotatable bonds is 6. The maximum absolute atomic E-state index is 12.5. The van der Waals surface area contributed by atoms with Crippen molar-refractivity contribution in [2.75, 3.05) is 33.8 Å². The third-order valence-electron chi connectivity index (χ3n) is 4.71. The van der Waals surface area contributed by atoms with E-state index in [-0.39, 0.29) is 11.8 Å². The zero-order chi connectivity index (χ0) is 18.5. The second-order valence-corrected chi connectivity index (χ2v) is 6.52. The number of hydrogen-bond acceptors (Lipinski definition) is 4. The van der Waals surface area contributed by atoms with Crippen molar-refractivity contribution in [2.45, 2.75) is 19.2 Å². The van der Waals surface area contributed by atoms with Gasteiger partial charge in [-0.25, -0.2) is 0 Å². The smallest absolute Gasteiger partial charge is 0.387 e. The molecular weight excluding hydrogens is 338 g/mol. The fraction of sp³-hybridized carbons (Fsp3) is 0.400. The van der Waals surface area contributed by atoms with Crippen LogP contribution < -0.4 is 9.47 Å². The minimum atomic E-state index is -2.87. The summed E-state index contributed by atoms with van der Waals surface area (Å²) in [7, 11) is 3.59. The van der Waals surface area contributed by atoms with Gasteiger partial charge in [-0.3, -0.25) is 4.90 Å². The lowest BCUT2D eigenvalue weighted by Crippen LogP contribution is -2.46. The van der Waals surface area contributed by atoms with Crippen LogP contribution in [0.3, 0.4) is 0 Å². The van der Waals surface area contributed by atoms with Crippen LogP contribution in [0.25, 0.3) is 0 Å². The molecular formula is C20H24F2N2O2. The van der Waals surface area contributed by atoms with Gasteiger partial charge in [0.05, 0.1) is 7.11 Å². The summed E-state index contributed by atoms with van der Waals surface area (Å²) in [4.78, 5) is 4.74. The number of benzene rings is 2. The van der Waals surface area contributed by atoms with Crippen LogP contribution >= 0.6 is 0 Å². The van der Waals surface area contributed by atoms with Crippen molar-refractivity contribution in [2.24, 2.45) is 0 Å². The molecule has 1 saturated heterocycles. The first-order valence-corrected chi connectivity index (χ1v) is 8.66. The van der Waals surface area contributed by atoms with Gasteiger partial charge >= 0.3 is 6.61 Å². The van der Waals surface area contributed by atoms with E-state index in [1.807, 2.05) is 12.1 Å². The Bertz CT molecular complexity index is 712. The van der Waals surface area contributed by atoms with Gasteiger partial charge < -0.3 is 14.4 Å². The molecule has 6 heteroatoms. The van der Waals surface area contributed by atoms with Gasteiger partial charge in [0.1, 0.15) is 0 Å². The Morgan fingerprint density at radius 3 is 2.54 bits per heavy atom. The van der Waals surface area contributed by atoms with Gasteiger partial charge in [-0.2, -0.15) is 8.78 Å². The minimum absolute atomic E-state index is 0.0595. The topological polar surface area (TPSA) is 24.9 Å². The molecule has 1 fully saturated rings. The van der Waals surface area contributed by atoms with Gasteiger partial charge in [0.2, 0.25) is 0 Å². The van der Waals surface area contributed by atoms with E-state index in [4.69, 9.17) is 4.74 Å². The average Bonchev–Trinajstić information content (AvgIpc) is 2.64. The van der Waals surface area contributed by atoms with Gasteiger partial charge in [-0.05, 0) is 30.3 Å². The molecule has 0 aromatic heterocycles. The van der Waals surface area contributed by atoms with E-state index in [2.05, 4.69) is 45.8 Å². The number of ether oxygens (including phenoxy) is 2. The highest BCUT2D eigenvalue weighted by atomic mass is 19.3. The number of likely N-dealkylation sites (N-methyl/N-ethyl adjacent to an activating group) is 1. The van der Waals surface area contributed by atoms with E-state index in [0.717, 1.165) is 31.7 Å². The Kier molecular flexibility index (Phi) is 6.06. The highest BCUT2D eigenvalue weighted by Crippen LogP contribution is 2.32. The number of piperazine rings is 1. The van der Waals surface area contributed by atoms with Crippen LogP contribution in [-0.4, -0.2) is 50.2 Å². The zero-order valence-corrected chi connectivity index (χ0v) is 15.1. The average molecular weight is 362 g/mol. The van der Waals surface area contributed by atoms with Crippen LogP contribution in [0.1, 0.15) is 17.2 Å². The van der Waals surface area contributed by atoms with Gasteiger partial charge in [-0.1, -0.05) is 36.4 Å². The first kappa shape index (κ1) is 18.6. The number of methoxy groups -OCH3 is 1. The number of alkyl halides is 2. The normalized spacial score (nSPS) is 18.9. The van der Waals surface area contributed by atoms with E-state index < -0.39 is 6.61 Å². The lowest BCUT2D eigenvalue weighted by molar-refractivity contribution is -0.0512. The summed E-state index contributed by atoms with van der Waals surface area (Å²) in [6, 6.07) is 15.9. The summed E-state index contributed by atoms with van der Waals surface area (Å²) in [5.74, 6) is 0.387. The van der Waals surface area contributed by atoms with Crippen molar-refractivity contribution in [3.05, 3.63) is 59.7 Å². The molecule has 0 radical (unpaired) electrons. The van der Waals surface area contributed by atoms with Gasteiger partial charge in [0.25, 0.3) is 0 Å². The number of nitrogens with zero attached hydrogens (tertiary/aromatic N) is 2. The molecule has 0 N–H and O–H groups in total. The van der Waals surface area contributed by atoms with E-state index in [0.29, 0.717) is 5.75 Å². The zero-order valence-electron chi connectivity index (χ0n) is 15.1. The Balaban J connectivity index is 1.79. The predicted molar refractivity (Wildman–Crippen MR) is 96.7 cm³/mol. The largest absolute Gasteiger partial charge is 0.493 e. The number of hydrogen-bond donors (Lipinski definition) is 0. The Hall–Kier alpha value is -2.18. The third-order valence-corrected chi connectivity index (χ3v) is 4.71. The third kappa shape index (κ3) is 4.51. The molecule has 0 bridgehead atoms. The molecule has 0 saturated carbocycles. The standard InChI is InChI=1S/C20H24F2N2O2/c1-23-10-11-24(17(14-23)16-6-4-3-5-7-16)13-15-8-9-18(26-20(21)22)19(12-15)25-2/h3-9,12,17,20H,10-11,13-14H2,1-2H3. The van der Waals surface area contributed by atoms with E-state index in [1.165, 1.54) is 12.7 Å². The minimum Gasteiger partial charge on any atom is -0.493 e. The molecule has 1 heterocycles. The van der Waals surface area contributed by atoms with Gasteiger partial charge in [0, 0.05) is 32.2 Å². The summed E-state index contributed by atoms with van der Waals surface area (Å²) < 4.78 is 34.7. The Morgan fingerprint density at radius 2 is 1.85 bits per heavy atom. The highest BCUT2D eigenvalue weighted by Gasteiger charge is 2.26.